The molecule has 0 aliphatic rings. The predicted molar refractivity (Wildman–Crippen MR) is 85.2 cm³/mol. The molecule has 0 aliphatic heterocycles. The van der Waals surface area contributed by atoms with Gasteiger partial charge in [-0.05, 0) is 47.7 Å². The summed E-state index contributed by atoms with van der Waals surface area (Å²) in [5, 5.41) is 5.44. The molecule has 2 aromatic rings. The highest BCUT2D eigenvalue weighted by atomic mass is 32.2. The Morgan fingerprint density at radius 1 is 1.10 bits per heavy atom. The second-order valence-corrected chi connectivity index (χ2v) is 7.78. The summed E-state index contributed by atoms with van der Waals surface area (Å²) in [6.07, 6.45) is 1.04. The molecule has 1 heterocycles. The van der Waals surface area contributed by atoms with Gasteiger partial charge in [0.2, 0.25) is 0 Å². The highest BCUT2D eigenvalue weighted by Crippen LogP contribution is 2.20. The van der Waals surface area contributed by atoms with Crippen LogP contribution in [-0.4, -0.2) is 14.2 Å². The summed E-state index contributed by atoms with van der Waals surface area (Å²) in [6, 6.07) is 9.12. The van der Waals surface area contributed by atoms with Gasteiger partial charge in [-0.3, -0.25) is 0 Å². The van der Waals surface area contributed by atoms with Crippen LogP contribution < -0.4 is 5.32 Å². The molecule has 20 heavy (non-hydrogen) atoms. The van der Waals surface area contributed by atoms with Gasteiger partial charge in [-0.15, -0.1) is 11.3 Å². The first kappa shape index (κ1) is 15.1. The van der Waals surface area contributed by atoms with Gasteiger partial charge < -0.3 is 5.32 Å². The maximum absolute atomic E-state index is 11.7. The minimum absolute atomic E-state index is 0.134. The molecule has 1 aromatic heterocycles. The van der Waals surface area contributed by atoms with E-state index in [4.69, 9.17) is 0 Å². The van der Waals surface area contributed by atoms with E-state index in [1.54, 1.807) is 30.4 Å². The van der Waals surface area contributed by atoms with Crippen LogP contribution in [-0.2, 0) is 22.8 Å². The Labute approximate surface area is 124 Å². The van der Waals surface area contributed by atoms with Crippen molar-refractivity contribution in [2.75, 3.05) is 11.1 Å². The summed E-state index contributed by atoms with van der Waals surface area (Å²) in [5.74, 6) is 0.134. The van der Waals surface area contributed by atoms with Crippen molar-refractivity contribution >= 4 is 26.9 Å². The lowest BCUT2D eigenvalue weighted by Crippen LogP contribution is -2.04. The first-order valence-corrected chi connectivity index (χ1v) is 9.22. The number of thiophene rings is 1. The maximum Gasteiger partial charge on any atom is 0.178 e. The smallest absolute Gasteiger partial charge is 0.178 e. The van der Waals surface area contributed by atoms with E-state index in [1.165, 1.54) is 10.4 Å². The van der Waals surface area contributed by atoms with Crippen LogP contribution in [0, 0.1) is 0 Å². The van der Waals surface area contributed by atoms with E-state index < -0.39 is 9.84 Å². The largest absolute Gasteiger partial charge is 0.380 e. The summed E-state index contributed by atoms with van der Waals surface area (Å²) in [7, 11) is -3.11. The lowest BCUT2D eigenvalue weighted by molar-refractivity contribution is 0.597. The molecule has 0 fully saturated rings. The SMILES string of the molecule is CCc1ccsc1CNc1ccc(S(=O)(=O)CC)cc1. The number of hydrogen-bond acceptors (Lipinski definition) is 4. The molecule has 0 bridgehead atoms. The average Bonchev–Trinajstić information content (AvgIpc) is 2.93. The molecule has 0 aliphatic carbocycles. The van der Waals surface area contributed by atoms with E-state index in [1.807, 2.05) is 12.1 Å². The van der Waals surface area contributed by atoms with Crippen LogP contribution in [0.4, 0.5) is 5.69 Å². The first-order chi connectivity index (χ1) is 9.56. The van der Waals surface area contributed by atoms with Gasteiger partial charge in [-0.25, -0.2) is 8.42 Å². The van der Waals surface area contributed by atoms with E-state index in [0.717, 1.165) is 18.7 Å². The van der Waals surface area contributed by atoms with Gasteiger partial charge in [-0.1, -0.05) is 13.8 Å². The zero-order valence-electron chi connectivity index (χ0n) is 11.7. The second-order valence-electron chi connectivity index (χ2n) is 4.50. The summed E-state index contributed by atoms with van der Waals surface area (Å²) in [4.78, 5) is 1.72. The van der Waals surface area contributed by atoms with Crippen molar-refractivity contribution in [1.29, 1.82) is 0 Å². The fraction of sp³-hybridized carbons (Fsp3) is 0.333. The van der Waals surface area contributed by atoms with E-state index in [2.05, 4.69) is 23.7 Å². The molecule has 0 radical (unpaired) electrons. The molecule has 2 rings (SSSR count). The third kappa shape index (κ3) is 3.41. The monoisotopic (exact) mass is 309 g/mol. The van der Waals surface area contributed by atoms with Crippen molar-refractivity contribution in [3.63, 3.8) is 0 Å². The van der Waals surface area contributed by atoms with Crippen molar-refractivity contribution in [2.45, 2.75) is 31.7 Å². The number of hydrogen-bond donors (Lipinski definition) is 1. The molecule has 0 saturated carbocycles. The average molecular weight is 309 g/mol. The van der Waals surface area contributed by atoms with Gasteiger partial charge in [0.25, 0.3) is 0 Å². The molecule has 0 spiro atoms. The molecule has 0 unspecified atom stereocenters. The summed E-state index contributed by atoms with van der Waals surface area (Å²) >= 11 is 1.75. The lowest BCUT2D eigenvalue weighted by Gasteiger charge is -2.08. The predicted octanol–water partition coefficient (Wildman–Crippen LogP) is 3.72. The van der Waals surface area contributed by atoms with Crippen molar-refractivity contribution in [3.05, 3.63) is 46.2 Å². The Kier molecular flexibility index (Phi) is 4.83. The van der Waals surface area contributed by atoms with E-state index in [-0.39, 0.29) is 5.75 Å². The van der Waals surface area contributed by atoms with Crippen molar-refractivity contribution in [1.82, 2.24) is 0 Å². The summed E-state index contributed by atoms with van der Waals surface area (Å²) in [6.45, 7) is 4.58. The quantitative estimate of drug-likeness (QED) is 0.884. The number of nitrogens with one attached hydrogen (secondary N) is 1. The molecule has 108 valence electrons. The van der Waals surface area contributed by atoms with Gasteiger partial charge in [0.05, 0.1) is 10.6 Å². The van der Waals surface area contributed by atoms with E-state index in [0.29, 0.717) is 4.90 Å². The third-order valence-corrected chi connectivity index (χ3v) is 5.98. The van der Waals surface area contributed by atoms with Gasteiger partial charge >= 0.3 is 0 Å². The molecule has 5 heteroatoms. The van der Waals surface area contributed by atoms with Gasteiger partial charge in [0.15, 0.2) is 9.84 Å². The normalized spacial score (nSPS) is 11.5. The van der Waals surface area contributed by atoms with Crippen molar-refractivity contribution in [2.24, 2.45) is 0 Å². The first-order valence-electron chi connectivity index (χ1n) is 6.68. The zero-order valence-corrected chi connectivity index (χ0v) is 13.4. The van der Waals surface area contributed by atoms with Crippen LogP contribution in [0.5, 0.6) is 0 Å². The van der Waals surface area contributed by atoms with Gasteiger partial charge in [-0.2, -0.15) is 0 Å². The Morgan fingerprint density at radius 2 is 1.80 bits per heavy atom. The van der Waals surface area contributed by atoms with Crippen LogP contribution >= 0.6 is 11.3 Å². The Bertz CT molecular complexity index is 657. The molecular weight excluding hydrogens is 290 g/mol. The van der Waals surface area contributed by atoms with Crippen LogP contribution in [0.2, 0.25) is 0 Å². The maximum atomic E-state index is 11.7. The number of aryl methyl sites for hydroxylation is 1. The molecule has 1 N–H and O–H groups in total. The number of benzene rings is 1. The topological polar surface area (TPSA) is 46.2 Å². The second kappa shape index (κ2) is 6.41. The summed E-state index contributed by atoms with van der Waals surface area (Å²) < 4.78 is 23.4. The molecule has 0 atom stereocenters. The van der Waals surface area contributed by atoms with Gasteiger partial charge in [0, 0.05) is 17.1 Å². The Morgan fingerprint density at radius 3 is 2.40 bits per heavy atom. The standard InChI is InChI=1S/C15H19NO2S2/c1-3-12-9-10-19-15(12)11-16-13-5-7-14(8-6-13)20(17,18)4-2/h5-10,16H,3-4,11H2,1-2H3. The van der Waals surface area contributed by atoms with Crippen molar-refractivity contribution < 1.29 is 8.42 Å². The van der Waals surface area contributed by atoms with Crippen molar-refractivity contribution in [3.8, 4) is 0 Å². The van der Waals surface area contributed by atoms with E-state index >= 15 is 0 Å². The summed E-state index contributed by atoms with van der Waals surface area (Å²) in [5.41, 5.74) is 2.31. The highest BCUT2D eigenvalue weighted by Gasteiger charge is 2.10. The fourth-order valence-electron chi connectivity index (χ4n) is 1.97. The molecule has 0 saturated heterocycles. The van der Waals surface area contributed by atoms with Crippen LogP contribution in [0.15, 0.2) is 40.6 Å². The molecule has 1 aromatic carbocycles. The van der Waals surface area contributed by atoms with Crippen LogP contribution in [0.25, 0.3) is 0 Å². The molecule has 0 amide bonds. The Hall–Kier alpha value is -1.33. The molecular formula is C15H19NO2S2. The zero-order chi connectivity index (χ0) is 14.6. The number of anilines is 1. The third-order valence-electron chi connectivity index (χ3n) is 3.27. The van der Waals surface area contributed by atoms with Crippen LogP contribution in [0.3, 0.4) is 0 Å². The van der Waals surface area contributed by atoms with Crippen LogP contribution in [0.1, 0.15) is 24.3 Å². The van der Waals surface area contributed by atoms with Gasteiger partial charge in [0.1, 0.15) is 0 Å². The molecule has 3 nitrogen and oxygen atoms in total. The highest BCUT2D eigenvalue weighted by molar-refractivity contribution is 7.91. The number of sulfone groups is 1. The minimum atomic E-state index is -3.11. The minimum Gasteiger partial charge on any atom is -0.380 e. The number of rotatable bonds is 6. The van der Waals surface area contributed by atoms with E-state index in [9.17, 15) is 8.42 Å². The fourth-order valence-corrected chi connectivity index (χ4v) is 3.77. The Balaban J connectivity index is 2.05. The lowest BCUT2D eigenvalue weighted by atomic mass is 10.2.